The molecule has 3 fully saturated rings. The van der Waals surface area contributed by atoms with Gasteiger partial charge in [0.2, 0.25) is 17.7 Å². The van der Waals surface area contributed by atoms with Crippen LogP contribution in [0.25, 0.3) is 0 Å². The third-order valence-electron chi connectivity index (χ3n) is 6.65. The minimum absolute atomic E-state index is 0.0244. The van der Waals surface area contributed by atoms with E-state index in [2.05, 4.69) is 4.90 Å². The van der Waals surface area contributed by atoms with Gasteiger partial charge in [0.05, 0.1) is 6.04 Å². The lowest BCUT2D eigenvalue weighted by Crippen LogP contribution is -2.61. The van der Waals surface area contributed by atoms with Crippen molar-refractivity contribution >= 4 is 17.7 Å². The van der Waals surface area contributed by atoms with Gasteiger partial charge in [-0.3, -0.25) is 19.3 Å². The summed E-state index contributed by atoms with van der Waals surface area (Å²) in [5, 5.41) is 0. The molecule has 3 aliphatic rings. The van der Waals surface area contributed by atoms with Crippen LogP contribution in [0.3, 0.4) is 0 Å². The van der Waals surface area contributed by atoms with Gasteiger partial charge in [-0.05, 0) is 18.8 Å². The molecule has 1 atom stereocenters. The maximum Gasteiger partial charge on any atom is 0.240 e. The van der Waals surface area contributed by atoms with Gasteiger partial charge in [0.1, 0.15) is 0 Å². The van der Waals surface area contributed by atoms with Crippen LogP contribution in [0.2, 0.25) is 0 Å². The Hall–Kier alpha value is -1.63. The van der Waals surface area contributed by atoms with E-state index in [1.807, 2.05) is 28.5 Å². The fraction of sp³-hybridized carbons (Fsp3) is 0.857. The van der Waals surface area contributed by atoms with Crippen LogP contribution in [0.4, 0.5) is 0 Å². The highest BCUT2D eigenvalue weighted by atomic mass is 16.2. The van der Waals surface area contributed by atoms with Gasteiger partial charge in [-0.1, -0.05) is 26.7 Å². The molecule has 0 radical (unpaired) electrons. The summed E-state index contributed by atoms with van der Waals surface area (Å²) in [5.41, 5.74) is 0. The van der Waals surface area contributed by atoms with Crippen molar-refractivity contribution in [2.45, 2.75) is 52.5 Å². The molecule has 28 heavy (non-hydrogen) atoms. The predicted octanol–water partition coefficient (Wildman–Crippen LogP) is 1.04. The fourth-order valence-electron chi connectivity index (χ4n) is 4.94. The SMILES string of the molecule is CC(=O)N1CCN(C(=O)C(C2CCCC2)N2CCN(C(=O)C(C)C)CC2)CC1. The number of nitrogens with zero attached hydrogens (tertiary/aromatic N) is 4. The van der Waals surface area contributed by atoms with E-state index in [4.69, 9.17) is 0 Å². The molecular weight excluding hydrogens is 356 g/mol. The zero-order valence-electron chi connectivity index (χ0n) is 17.7. The molecular formula is C21H36N4O3. The maximum absolute atomic E-state index is 13.5. The first kappa shape index (κ1) is 21.1. The number of hydrogen-bond acceptors (Lipinski definition) is 4. The second-order valence-electron chi connectivity index (χ2n) is 8.84. The van der Waals surface area contributed by atoms with Crippen LogP contribution in [0.1, 0.15) is 46.5 Å². The van der Waals surface area contributed by atoms with E-state index in [1.54, 1.807) is 6.92 Å². The summed E-state index contributed by atoms with van der Waals surface area (Å²) < 4.78 is 0. The largest absolute Gasteiger partial charge is 0.340 e. The third-order valence-corrected chi connectivity index (χ3v) is 6.65. The predicted molar refractivity (Wildman–Crippen MR) is 108 cm³/mol. The molecule has 2 saturated heterocycles. The van der Waals surface area contributed by atoms with Crippen LogP contribution in [0.15, 0.2) is 0 Å². The van der Waals surface area contributed by atoms with E-state index < -0.39 is 0 Å². The van der Waals surface area contributed by atoms with Crippen molar-refractivity contribution in [2.75, 3.05) is 52.4 Å². The van der Waals surface area contributed by atoms with Crippen LogP contribution < -0.4 is 0 Å². The van der Waals surface area contributed by atoms with Crippen molar-refractivity contribution in [1.82, 2.24) is 19.6 Å². The topological polar surface area (TPSA) is 64.2 Å². The summed E-state index contributed by atoms with van der Waals surface area (Å²) in [6.45, 7) is 11.0. The Balaban J connectivity index is 1.64. The molecule has 0 bridgehead atoms. The minimum Gasteiger partial charge on any atom is -0.340 e. The second-order valence-corrected chi connectivity index (χ2v) is 8.84. The number of amides is 3. The second kappa shape index (κ2) is 9.25. The molecule has 0 aromatic carbocycles. The number of hydrogen-bond donors (Lipinski definition) is 0. The fourth-order valence-corrected chi connectivity index (χ4v) is 4.94. The maximum atomic E-state index is 13.5. The molecule has 2 heterocycles. The smallest absolute Gasteiger partial charge is 0.240 e. The zero-order chi connectivity index (χ0) is 20.3. The van der Waals surface area contributed by atoms with Crippen LogP contribution in [-0.4, -0.2) is 95.7 Å². The van der Waals surface area contributed by atoms with Gasteiger partial charge in [0.25, 0.3) is 0 Å². The average molecular weight is 393 g/mol. The van der Waals surface area contributed by atoms with Gasteiger partial charge in [-0.2, -0.15) is 0 Å². The molecule has 158 valence electrons. The van der Waals surface area contributed by atoms with Gasteiger partial charge < -0.3 is 14.7 Å². The molecule has 2 aliphatic heterocycles. The van der Waals surface area contributed by atoms with Crippen LogP contribution in [0.5, 0.6) is 0 Å². The average Bonchev–Trinajstić information content (AvgIpc) is 3.22. The molecule has 3 rings (SSSR count). The summed E-state index contributed by atoms with van der Waals surface area (Å²) >= 11 is 0. The molecule has 0 N–H and O–H groups in total. The van der Waals surface area contributed by atoms with Crippen molar-refractivity contribution in [2.24, 2.45) is 11.8 Å². The Morgan fingerprint density at radius 2 is 1.18 bits per heavy atom. The number of piperazine rings is 2. The Kier molecular flexibility index (Phi) is 6.96. The normalized spacial score (nSPS) is 23.4. The number of rotatable bonds is 4. The molecule has 1 saturated carbocycles. The molecule has 3 amide bonds. The highest BCUT2D eigenvalue weighted by molar-refractivity contribution is 5.83. The van der Waals surface area contributed by atoms with Crippen molar-refractivity contribution in [3.05, 3.63) is 0 Å². The van der Waals surface area contributed by atoms with Gasteiger partial charge in [0.15, 0.2) is 0 Å². The Morgan fingerprint density at radius 3 is 1.68 bits per heavy atom. The molecule has 0 aromatic heterocycles. The lowest BCUT2D eigenvalue weighted by atomic mass is 9.94. The Morgan fingerprint density at radius 1 is 0.714 bits per heavy atom. The first-order chi connectivity index (χ1) is 13.4. The van der Waals surface area contributed by atoms with E-state index in [1.165, 1.54) is 12.8 Å². The van der Waals surface area contributed by atoms with E-state index in [0.29, 0.717) is 45.2 Å². The van der Waals surface area contributed by atoms with E-state index in [0.717, 1.165) is 25.9 Å². The number of carbonyl (C=O) groups excluding carboxylic acids is 3. The Labute approximate surface area is 169 Å². The molecule has 0 spiro atoms. The van der Waals surface area contributed by atoms with Crippen LogP contribution >= 0.6 is 0 Å². The van der Waals surface area contributed by atoms with Crippen LogP contribution in [0, 0.1) is 11.8 Å². The van der Waals surface area contributed by atoms with Crippen molar-refractivity contribution < 1.29 is 14.4 Å². The highest BCUT2D eigenvalue weighted by Crippen LogP contribution is 2.32. The summed E-state index contributed by atoms with van der Waals surface area (Å²) in [5.74, 6) is 0.981. The molecule has 7 nitrogen and oxygen atoms in total. The van der Waals surface area contributed by atoms with Crippen molar-refractivity contribution in [3.63, 3.8) is 0 Å². The minimum atomic E-state index is -0.0670. The number of carbonyl (C=O) groups is 3. The standard InChI is InChI=1S/C21H36N4O3/c1-16(2)20(27)24-14-10-23(11-15-24)19(18-6-4-5-7-18)21(28)25-12-8-22(9-13-25)17(3)26/h16,18-19H,4-15H2,1-3H3. The summed E-state index contributed by atoms with van der Waals surface area (Å²) in [6, 6.07) is -0.0670. The monoisotopic (exact) mass is 392 g/mol. The zero-order valence-corrected chi connectivity index (χ0v) is 17.7. The molecule has 1 aliphatic carbocycles. The highest BCUT2D eigenvalue weighted by Gasteiger charge is 2.40. The van der Waals surface area contributed by atoms with E-state index >= 15 is 0 Å². The van der Waals surface area contributed by atoms with Gasteiger partial charge in [-0.25, -0.2) is 0 Å². The molecule has 0 aromatic rings. The quantitative estimate of drug-likeness (QED) is 0.717. The van der Waals surface area contributed by atoms with Crippen LogP contribution in [-0.2, 0) is 14.4 Å². The first-order valence-electron chi connectivity index (χ1n) is 11.0. The molecule has 1 unspecified atom stereocenters. The van der Waals surface area contributed by atoms with Gasteiger partial charge in [-0.15, -0.1) is 0 Å². The van der Waals surface area contributed by atoms with Crippen molar-refractivity contribution in [1.29, 1.82) is 0 Å². The van der Waals surface area contributed by atoms with E-state index in [-0.39, 0.29) is 29.7 Å². The Bertz CT molecular complexity index is 572. The first-order valence-corrected chi connectivity index (χ1v) is 11.0. The lowest BCUT2D eigenvalue weighted by molar-refractivity contribution is -0.146. The van der Waals surface area contributed by atoms with Gasteiger partial charge in [0, 0.05) is 65.2 Å². The third kappa shape index (κ3) is 4.67. The lowest BCUT2D eigenvalue weighted by Gasteiger charge is -2.44. The summed E-state index contributed by atoms with van der Waals surface area (Å²) in [4.78, 5) is 45.4. The van der Waals surface area contributed by atoms with Crippen molar-refractivity contribution in [3.8, 4) is 0 Å². The summed E-state index contributed by atoms with van der Waals surface area (Å²) in [6.07, 6.45) is 4.65. The summed E-state index contributed by atoms with van der Waals surface area (Å²) in [7, 11) is 0. The molecule has 7 heteroatoms. The van der Waals surface area contributed by atoms with Gasteiger partial charge >= 0.3 is 0 Å². The van der Waals surface area contributed by atoms with E-state index in [9.17, 15) is 14.4 Å².